The fraction of sp³-hybridized carbons (Fsp3) is 0.158. The summed E-state index contributed by atoms with van der Waals surface area (Å²) in [6.45, 7) is 1.95. The highest BCUT2D eigenvalue weighted by molar-refractivity contribution is 7.90. The van der Waals surface area contributed by atoms with Crippen molar-refractivity contribution in [2.24, 2.45) is 0 Å². The van der Waals surface area contributed by atoms with Crippen LogP contribution in [0.2, 0.25) is 0 Å². The Hall–Kier alpha value is -2.33. The summed E-state index contributed by atoms with van der Waals surface area (Å²) >= 11 is 0. The average Bonchev–Trinajstić information content (AvgIpc) is 3.00. The molecule has 0 unspecified atom stereocenters. The molecule has 0 amide bonds. The van der Waals surface area contributed by atoms with Crippen LogP contribution in [0.1, 0.15) is 23.1 Å². The van der Waals surface area contributed by atoms with Gasteiger partial charge in [0.2, 0.25) is 0 Å². The van der Waals surface area contributed by atoms with Gasteiger partial charge >= 0.3 is 0 Å². The van der Waals surface area contributed by atoms with Crippen LogP contribution >= 0.6 is 0 Å². The molecule has 1 heterocycles. The Kier molecular flexibility index (Phi) is 3.16. The number of rotatable bonds is 2. The van der Waals surface area contributed by atoms with Crippen LogP contribution in [0, 0.1) is 6.92 Å². The molecule has 0 saturated carbocycles. The highest BCUT2D eigenvalue weighted by Gasteiger charge is 2.21. The lowest BCUT2D eigenvalue weighted by Gasteiger charge is -2.15. The Balaban J connectivity index is 1.99. The van der Waals surface area contributed by atoms with E-state index >= 15 is 0 Å². The third-order valence-corrected chi connectivity index (χ3v) is 6.09. The van der Waals surface area contributed by atoms with Gasteiger partial charge in [-0.05, 0) is 49.1 Å². The van der Waals surface area contributed by atoms with Crippen LogP contribution in [0.5, 0.6) is 0 Å². The molecule has 0 atom stereocenters. The number of aromatic nitrogens is 1. The number of benzene rings is 2. The van der Waals surface area contributed by atoms with Crippen LogP contribution in [-0.4, -0.2) is 12.4 Å². The number of nitrogens with zero attached hydrogens (tertiary/aromatic N) is 1. The van der Waals surface area contributed by atoms with Gasteiger partial charge in [0.05, 0.1) is 10.4 Å². The van der Waals surface area contributed by atoms with Gasteiger partial charge in [-0.2, -0.15) is 0 Å². The standard InChI is InChI=1S/C19H17NO2S/c1-14-6-10-17(11-7-14)23(21,22)20-13-12-16-9-8-15-4-2-3-5-18(15)19(16)20/h2,4,6-13H,3,5H2,1H3. The second-order valence-electron chi connectivity index (χ2n) is 5.94. The average molecular weight is 323 g/mol. The Labute approximate surface area is 135 Å². The van der Waals surface area contributed by atoms with Crippen molar-refractivity contribution in [3.63, 3.8) is 0 Å². The van der Waals surface area contributed by atoms with E-state index in [-0.39, 0.29) is 0 Å². The van der Waals surface area contributed by atoms with Crippen molar-refractivity contribution in [3.8, 4) is 0 Å². The van der Waals surface area contributed by atoms with E-state index in [4.69, 9.17) is 0 Å². The molecule has 2 aromatic carbocycles. The van der Waals surface area contributed by atoms with Gasteiger partial charge in [-0.25, -0.2) is 12.4 Å². The fourth-order valence-corrected chi connectivity index (χ4v) is 4.55. The highest BCUT2D eigenvalue weighted by Crippen LogP contribution is 2.31. The minimum Gasteiger partial charge on any atom is -0.241 e. The number of aryl methyl sites for hydroxylation is 2. The molecule has 3 aromatic rings. The summed E-state index contributed by atoms with van der Waals surface area (Å²) in [6, 6.07) is 12.9. The number of hydrogen-bond donors (Lipinski definition) is 0. The van der Waals surface area contributed by atoms with Crippen LogP contribution in [0.3, 0.4) is 0 Å². The van der Waals surface area contributed by atoms with E-state index in [1.54, 1.807) is 18.3 Å². The topological polar surface area (TPSA) is 39.1 Å². The van der Waals surface area contributed by atoms with E-state index in [1.165, 1.54) is 3.97 Å². The Morgan fingerprint density at radius 3 is 2.57 bits per heavy atom. The van der Waals surface area contributed by atoms with E-state index in [1.807, 2.05) is 31.2 Å². The summed E-state index contributed by atoms with van der Waals surface area (Å²) in [7, 11) is -3.58. The molecular weight excluding hydrogens is 306 g/mol. The van der Waals surface area contributed by atoms with Gasteiger partial charge < -0.3 is 0 Å². The summed E-state index contributed by atoms with van der Waals surface area (Å²) in [5.41, 5.74) is 4.09. The summed E-state index contributed by atoms with van der Waals surface area (Å²) < 4.78 is 27.5. The second-order valence-corrected chi connectivity index (χ2v) is 7.76. The first-order chi connectivity index (χ1) is 11.1. The summed E-state index contributed by atoms with van der Waals surface area (Å²) in [5.74, 6) is 0. The second kappa shape index (κ2) is 5.10. The lowest BCUT2D eigenvalue weighted by Crippen LogP contribution is -2.13. The van der Waals surface area contributed by atoms with Crippen molar-refractivity contribution >= 4 is 27.0 Å². The van der Waals surface area contributed by atoms with Gasteiger partial charge in [-0.1, -0.05) is 42.0 Å². The highest BCUT2D eigenvalue weighted by atomic mass is 32.2. The molecule has 0 spiro atoms. The molecule has 0 saturated heterocycles. The zero-order valence-electron chi connectivity index (χ0n) is 12.9. The maximum atomic E-state index is 13.1. The molecule has 3 nitrogen and oxygen atoms in total. The van der Waals surface area contributed by atoms with Gasteiger partial charge in [0.15, 0.2) is 0 Å². The summed E-state index contributed by atoms with van der Waals surface area (Å²) in [4.78, 5) is 0.324. The molecule has 0 aliphatic heterocycles. The third kappa shape index (κ3) is 2.21. The predicted octanol–water partition coefficient (Wildman–Crippen LogP) is 4.15. The van der Waals surface area contributed by atoms with E-state index in [9.17, 15) is 8.42 Å². The monoisotopic (exact) mass is 323 g/mol. The molecule has 0 fully saturated rings. The van der Waals surface area contributed by atoms with E-state index in [0.29, 0.717) is 4.90 Å². The van der Waals surface area contributed by atoms with Crippen molar-refractivity contribution in [3.05, 3.63) is 71.4 Å². The molecular formula is C19H17NO2S. The van der Waals surface area contributed by atoms with Gasteiger partial charge in [0, 0.05) is 11.6 Å². The summed E-state index contributed by atoms with van der Waals surface area (Å²) in [6.07, 6.45) is 7.70. The van der Waals surface area contributed by atoms with Crippen LogP contribution in [-0.2, 0) is 16.4 Å². The first kappa shape index (κ1) is 14.3. The normalized spacial score (nSPS) is 14.1. The molecule has 23 heavy (non-hydrogen) atoms. The molecule has 0 radical (unpaired) electrons. The molecule has 1 aliphatic rings. The molecule has 4 rings (SSSR count). The van der Waals surface area contributed by atoms with Gasteiger partial charge in [0.1, 0.15) is 0 Å². The maximum absolute atomic E-state index is 13.1. The largest absolute Gasteiger partial charge is 0.268 e. The lowest BCUT2D eigenvalue weighted by molar-refractivity contribution is 0.589. The van der Waals surface area contributed by atoms with Crippen molar-refractivity contribution in [2.45, 2.75) is 24.7 Å². The number of hydrogen-bond acceptors (Lipinski definition) is 2. The zero-order valence-corrected chi connectivity index (χ0v) is 13.7. The van der Waals surface area contributed by atoms with E-state index in [0.717, 1.165) is 40.4 Å². The number of allylic oxidation sites excluding steroid dienone is 1. The lowest BCUT2D eigenvalue weighted by atomic mass is 9.95. The maximum Gasteiger partial charge on any atom is 0.268 e. The first-order valence-corrected chi connectivity index (χ1v) is 9.13. The van der Waals surface area contributed by atoms with Crippen LogP contribution in [0.15, 0.2) is 59.6 Å². The van der Waals surface area contributed by atoms with Crippen molar-refractivity contribution in [1.29, 1.82) is 0 Å². The zero-order chi connectivity index (χ0) is 16.0. The molecule has 116 valence electrons. The Morgan fingerprint density at radius 1 is 1.00 bits per heavy atom. The third-order valence-electron chi connectivity index (χ3n) is 4.40. The minimum absolute atomic E-state index is 0.324. The van der Waals surface area contributed by atoms with Gasteiger partial charge in [-0.15, -0.1) is 0 Å². The van der Waals surface area contributed by atoms with Gasteiger partial charge in [0.25, 0.3) is 10.0 Å². The van der Waals surface area contributed by atoms with E-state index in [2.05, 4.69) is 18.2 Å². The van der Waals surface area contributed by atoms with Crippen molar-refractivity contribution in [2.75, 3.05) is 0 Å². The molecule has 0 N–H and O–H groups in total. The van der Waals surface area contributed by atoms with E-state index < -0.39 is 10.0 Å². The van der Waals surface area contributed by atoms with Crippen LogP contribution < -0.4 is 0 Å². The van der Waals surface area contributed by atoms with Crippen LogP contribution in [0.4, 0.5) is 0 Å². The minimum atomic E-state index is -3.58. The van der Waals surface area contributed by atoms with Gasteiger partial charge in [-0.3, -0.25) is 0 Å². The smallest absolute Gasteiger partial charge is 0.241 e. The molecule has 1 aliphatic carbocycles. The number of fused-ring (bicyclic) bond motifs is 3. The Bertz CT molecular complexity index is 1030. The molecule has 1 aromatic heterocycles. The predicted molar refractivity (Wildman–Crippen MR) is 93.1 cm³/mol. The van der Waals surface area contributed by atoms with Crippen LogP contribution in [0.25, 0.3) is 17.0 Å². The summed E-state index contributed by atoms with van der Waals surface area (Å²) in [5, 5.41) is 0.967. The molecule has 0 bridgehead atoms. The SMILES string of the molecule is Cc1ccc(S(=O)(=O)n2ccc3ccc4c(c32)CCC=C4)cc1. The van der Waals surface area contributed by atoms with Crippen molar-refractivity contribution < 1.29 is 8.42 Å². The quantitative estimate of drug-likeness (QED) is 0.711. The molecule has 4 heteroatoms. The van der Waals surface area contributed by atoms with Crippen molar-refractivity contribution in [1.82, 2.24) is 3.97 Å². The first-order valence-electron chi connectivity index (χ1n) is 7.69. The fourth-order valence-electron chi connectivity index (χ4n) is 3.17. The Morgan fingerprint density at radius 2 is 1.78 bits per heavy atom.